The van der Waals surface area contributed by atoms with Gasteiger partial charge in [0.2, 0.25) is 0 Å². The number of hydrogen-bond donors (Lipinski definition) is 0. The lowest BCUT2D eigenvalue weighted by Crippen LogP contribution is -2.22. The Bertz CT molecular complexity index is 471. The largest absolute Gasteiger partial charge is 0.270 e. The standard InChI is InChI=1S/C10H11NO2S/c1-4-11(3)14(12,13)10-8-6-5-7-9(10)2/h1,5-8H,2-3H3. The SMILES string of the molecule is C#CN(C)S(=O)(=O)c1ccccc1C. The van der Waals surface area contributed by atoms with Crippen molar-refractivity contribution in [3.8, 4) is 12.5 Å². The van der Waals surface area contributed by atoms with Crippen LogP contribution in [0, 0.1) is 19.4 Å². The van der Waals surface area contributed by atoms with Crippen molar-refractivity contribution in [2.24, 2.45) is 0 Å². The molecule has 14 heavy (non-hydrogen) atoms. The molecule has 3 nitrogen and oxygen atoms in total. The lowest BCUT2D eigenvalue weighted by Gasteiger charge is -2.13. The van der Waals surface area contributed by atoms with Crippen LogP contribution in [0.25, 0.3) is 0 Å². The minimum absolute atomic E-state index is 0.250. The van der Waals surface area contributed by atoms with Crippen molar-refractivity contribution in [2.75, 3.05) is 7.05 Å². The molecule has 0 bridgehead atoms. The number of nitrogens with zero attached hydrogens (tertiary/aromatic N) is 1. The summed E-state index contributed by atoms with van der Waals surface area (Å²) in [7, 11) is -2.17. The van der Waals surface area contributed by atoms with E-state index in [1.54, 1.807) is 31.2 Å². The van der Waals surface area contributed by atoms with Crippen molar-refractivity contribution >= 4 is 10.0 Å². The topological polar surface area (TPSA) is 37.4 Å². The fourth-order valence-electron chi connectivity index (χ4n) is 1.06. The van der Waals surface area contributed by atoms with E-state index in [9.17, 15) is 8.42 Å². The molecular weight excluding hydrogens is 198 g/mol. The molecule has 0 radical (unpaired) electrons. The highest BCUT2D eigenvalue weighted by Gasteiger charge is 2.19. The first-order valence-electron chi connectivity index (χ1n) is 4.01. The Morgan fingerprint density at radius 2 is 1.93 bits per heavy atom. The third-order valence-corrected chi connectivity index (χ3v) is 3.75. The maximum atomic E-state index is 11.8. The lowest BCUT2D eigenvalue weighted by molar-refractivity contribution is 0.546. The van der Waals surface area contributed by atoms with Crippen molar-refractivity contribution in [1.29, 1.82) is 0 Å². The van der Waals surface area contributed by atoms with Crippen LogP contribution in [0.1, 0.15) is 5.56 Å². The van der Waals surface area contributed by atoms with Crippen molar-refractivity contribution in [3.05, 3.63) is 29.8 Å². The lowest BCUT2D eigenvalue weighted by atomic mass is 10.2. The third kappa shape index (κ3) is 1.73. The minimum atomic E-state index is -3.52. The fourth-order valence-corrected chi connectivity index (χ4v) is 2.22. The van der Waals surface area contributed by atoms with Crippen molar-refractivity contribution in [2.45, 2.75) is 11.8 Å². The third-order valence-electron chi connectivity index (χ3n) is 1.91. The Labute approximate surface area is 84.4 Å². The molecule has 74 valence electrons. The van der Waals surface area contributed by atoms with Gasteiger partial charge in [-0.1, -0.05) is 24.6 Å². The molecule has 0 amide bonds. The van der Waals surface area contributed by atoms with Crippen molar-refractivity contribution < 1.29 is 8.42 Å². The molecule has 0 fully saturated rings. The van der Waals surface area contributed by atoms with Crippen molar-refractivity contribution in [3.63, 3.8) is 0 Å². The van der Waals surface area contributed by atoms with Crippen LogP contribution < -0.4 is 0 Å². The Morgan fingerprint density at radius 3 is 2.43 bits per heavy atom. The number of rotatable bonds is 2. The molecule has 0 saturated heterocycles. The summed E-state index contributed by atoms with van der Waals surface area (Å²) < 4.78 is 24.4. The molecular formula is C10H11NO2S. The van der Waals surface area contributed by atoms with E-state index in [0.717, 1.165) is 4.31 Å². The zero-order valence-corrected chi connectivity index (χ0v) is 8.88. The molecule has 1 aromatic rings. The molecule has 1 rings (SSSR count). The highest BCUT2D eigenvalue weighted by Crippen LogP contribution is 2.17. The Morgan fingerprint density at radius 1 is 1.36 bits per heavy atom. The van der Waals surface area contributed by atoms with Crippen LogP contribution in [0.3, 0.4) is 0 Å². The van der Waals surface area contributed by atoms with Crippen LogP contribution in [0.15, 0.2) is 29.2 Å². The van der Waals surface area contributed by atoms with Crippen LogP contribution in [0.5, 0.6) is 0 Å². The molecule has 0 aliphatic carbocycles. The Kier molecular flexibility index (Phi) is 2.82. The molecule has 0 spiro atoms. The van der Waals surface area contributed by atoms with Gasteiger partial charge in [0.05, 0.1) is 4.90 Å². The maximum Gasteiger partial charge on any atom is 0.270 e. The van der Waals surface area contributed by atoms with Crippen LogP contribution >= 0.6 is 0 Å². The van der Waals surface area contributed by atoms with E-state index in [1.165, 1.54) is 7.05 Å². The van der Waals surface area contributed by atoms with Gasteiger partial charge in [-0.15, -0.1) is 0 Å². The minimum Gasteiger partial charge on any atom is -0.228 e. The van der Waals surface area contributed by atoms with Crippen LogP contribution in [0.4, 0.5) is 0 Å². The van der Waals surface area contributed by atoms with Gasteiger partial charge < -0.3 is 0 Å². The van der Waals surface area contributed by atoms with E-state index >= 15 is 0 Å². The van der Waals surface area contributed by atoms with E-state index in [4.69, 9.17) is 6.42 Å². The summed E-state index contributed by atoms with van der Waals surface area (Å²) in [6, 6.07) is 8.80. The molecule has 0 aliphatic heterocycles. The van der Waals surface area contributed by atoms with Crippen molar-refractivity contribution in [1.82, 2.24) is 4.31 Å². The van der Waals surface area contributed by atoms with Gasteiger partial charge in [0, 0.05) is 13.1 Å². The van der Waals surface area contributed by atoms with Gasteiger partial charge in [0.1, 0.15) is 0 Å². The summed E-state index contributed by atoms with van der Waals surface area (Å²) >= 11 is 0. The van der Waals surface area contributed by atoms with E-state index in [-0.39, 0.29) is 4.90 Å². The van der Waals surface area contributed by atoms with Crippen LogP contribution in [0.2, 0.25) is 0 Å². The summed E-state index contributed by atoms with van der Waals surface area (Å²) in [5.41, 5.74) is 0.689. The Hall–Kier alpha value is -1.47. The summed E-state index contributed by atoms with van der Waals surface area (Å²) in [6.45, 7) is 1.73. The molecule has 0 atom stereocenters. The number of benzene rings is 1. The molecule has 0 aromatic heterocycles. The zero-order valence-electron chi connectivity index (χ0n) is 8.06. The normalized spacial score (nSPS) is 10.6. The average molecular weight is 209 g/mol. The summed E-state index contributed by atoms with van der Waals surface area (Å²) in [5.74, 6) is 0. The quantitative estimate of drug-likeness (QED) is 0.542. The molecule has 0 N–H and O–H groups in total. The molecule has 0 heterocycles. The van der Waals surface area contributed by atoms with Gasteiger partial charge in [-0.2, -0.15) is 0 Å². The smallest absolute Gasteiger partial charge is 0.228 e. The first kappa shape index (κ1) is 10.6. The van der Waals surface area contributed by atoms with E-state index in [2.05, 4.69) is 6.04 Å². The molecule has 0 saturated carbocycles. The number of terminal acetylenes is 1. The maximum absolute atomic E-state index is 11.8. The molecule has 1 aromatic carbocycles. The second-order valence-electron chi connectivity index (χ2n) is 2.87. The van der Waals surface area contributed by atoms with Crippen LogP contribution in [-0.4, -0.2) is 19.8 Å². The van der Waals surface area contributed by atoms with E-state index < -0.39 is 10.0 Å². The van der Waals surface area contributed by atoms with E-state index in [0.29, 0.717) is 5.56 Å². The second kappa shape index (κ2) is 3.72. The molecule has 0 unspecified atom stereocenters. The van der Waals surface area contributed by atoms with Gasteiger partial charge in [-0.05, 0) is 18.6 Å². The Balaban J connectivity index is 3.33. The highest BCUT2D eigenvalue weighted by atomic mass is 32.2. The predicted molar refractivity (Wildman–Crippen MR) is 55.0 cm³/mol. The summed E-state index contributed by atoms with van der Waals surface area (Å²) in [4.78, 5) is 0.250. The number of hydrogen-bond acceptors (Lipinski definition) is 2. The van der Waals surface area contributed by atoms with Gasteiger partial charge in [-0.3, -0.25) is 0 Å². The van der Waals surface area contributed by atoms with E-state index in [1.807, 2.05) is 0 Å². The fraction of sp³-hybridized carbons (Fsp3) is 0.200. The van der Waals surface area contributed by atoms with Gasteiger partial charge in [-0.25, -0.2) is 12.7 Å². The number of sulfonamides is 1. The molecule has 0 aliphatic rings. The average Bonchev–Trinajstić information content (AvgIpc) is 2.17. The first-order chi connectivity index (χ1) is 6.50. The monoisotopic (exact) mass is 209 g/mol. The highest BCUT2D eigenvalue weighted by molar-refractivity contribution is 7.89. The zero-order chi connectivity index (χ0) is 10.8. The number of aryl methyl sites for hydroxylation is 1. The van der Waals surface area contributed by atoms with Gasteiger partial charge in [0.25, 0.3) is 10.0 Å². The van der Waals surface area contributed by atoms with Gasteiger partial charge in [0.15, 0.2) is 0 Å². The first-order valence-corrected chi connectivity index (χ1v) is 5.45. The molecule has 4 heteroatoms. The van der Waals surface area contributed by atoms with Gasteiger partial charge >= 0.3 is 0 Å². The predicted octanol–water partition coefficient (Wildman–Crippen LogP) is 1.21. The summed E-state index contributed by atoms with van der Waals surface area (Å²) in [6.07, 6.45) is 5.04. The second-order valence-corrected chi connectivity index (χ2v) is 4.80. The summed E-state index contributed by atoms with van der Waals surface area (Å²) in [5, 5.41) is 0. The van der Waals surface area contributed by atoms with Crippen LogP contribution in [-0.2, 0) is 10.0 Å².